The monoisotopic (exact) mass is 174 g/mol. The minimum atomic E-state index is -0.0637. The van der Waals surface area contributed by atoms with Crippen molar-refractivity contribution in [2.24, 2.45) is 0 Å². The Hall–Kier alpha value is -1.64. The van der Waals surface area contributed by atoms with Crippen molar-refractivity contribution in [1.29, 1.82) is 0 Å². The second kappa shape index (κ2) is 2.69. The van der Waals surface area contributed by atoms with E-state index in [1.165, 1.54) is 6.33 Å². The van der Waals surface area contributed by atoms with Gasteiger partial charge in [-0.05, 0) is 25.0 Å². The predicted molar refractivity (Wildman–Crippen MR) is 51.8 cm³/mol. The third-order valence-electron chi connectivity index (χ3n) is 2.20. The maximum Gasteiger partial charge on any atom is 0.258 e. The average molecular weight is 174 g/mol. The number of aryl methyl sites for hydroxylation is 2. The summed E-state index contributed by atoms with van der Waals surface area (Å²) in [6.07, 6.45) is 1.44. The first-order chi connectivity index (χ1) is 6.20. The lowest BCUT2D eigenvalue weighted by molar-refractivity contribution is 1.16. The van der Waals surface area contributed by atoms with Gasteiger partial charge in [0.15, 0.2) is 0 Å². The van der Waals surface area contributed by atoms with Crippen LogP contribution in [0.4, 0.5) is 0 Å². The zero-order valence-corrected chi connectivity index (χ0v) is 7.59. The highest BCUT2D eigenvalue weighted by atomic mass is 16.1. The molecule has 2 aromatic rings. The summed E-state index contributed by atoms with van der Waals surface area (Å²) in [6, 6.07) is 3.92. The summed E-state index contributed by atoms with van der Waals surface area (Å²) >= 11 is 0. The van der Waals surface area contributed by atoms with Gasteiger partial charge in [-0.1, -0.05) is 12.1 Å². The molecule has 0 aliphatic carbocycles. The summed E-state index contributed by atoms with van der Waals surface area (Å²) in [5.41, 5.74) is 2.73. The molecule has 1 aromatic heterocycles. The Morgan fingerprint density at radius 2 is 1.92 bits per heavy atom. The van der Waals surface area contributed by atoms with Crippen LogP contribution < -0.4 is 5.56 Å². The third-order valence-corrected chi connectivity index (χ3v) is 2.20. The number of fused-ring (bicyclic) bond motifs is 1. The zero-order valence-electron chi connectivity index (χ0n) is 7.59. The van der Waals surface area contributed by atoms with Gasteiger partial charge >= 0.3 is 0 Å². The Balaban J connectivity index is 3.09. The molecule has 0 spiro atoms. The van der Waals surface area contributed by atoms with E-state index in [-0.39, 0.29) is 5.56 Å². The van der Waals surface area contributed by atoms with E-state index in [1.54, 1.807) is 0 Å². The van der Waals surface area contributed by atoms with E-state index in [0.29, 0.717) is 5.39 Å². The van der Waals surface area contributed by atoms with Crippen LogP contribution in [0.3, 0.4) is 0 Å². The van der Waals surface area contributed by atoms with E-state index >= 15 is 0 Å². The third kappa shape index (κ3) is 1.13. The van der Waals surface area contributed by atoms with Gasteiger partial charge < -0.3 is 4.98 Å². The van der Waals surface area contributed by atoms with Gasteiger partial charge in [-0.15, -0.1) is 0 Å². The van der Waals surface area contributed by atoms with Crippen LogP contribution in [0.15, 0.2) is 23.3 Å². The van der Waals surface area contributed by atoms with Gasteiger partial charge in [0, 0.05) is 0 Å². The first-order valence-corrected chi connectivity index (χ1v) is 4.14. The lowest BCUT2D eigenvalue weighted by Crippen LogP contribution is -2.08. The Kier molecular flexibility index (Phi) is 1.65. The van der Waals surface area contributed by atoms with Gasteiger partial charge in [-0.3, -0.25) is 4.79 Å². The minimum absolute atomic E-state index is 0.0637. The highest BCUT2D eigenvalue weighted by Gasteiger charge is 2.04. The molecule has 0 unspecified atom stereocenters. The van der Waals surface area contributed by atoms with Gasteiger partial charge in [0.2, 0.25) is 0 Å². The molecule has 1 heterocycles. The maximum atomic E-state index is 11.5. The number of nitrogens with zero attached hydrogens (tertiary/aromatic N) is 1. The van der Waals surface area contributed by atoms with Crippen LogP contribution in [0, 0.1) is 13.8 Å². The standard InChI is InChI=1S/C10H10N2O/c1-6-3-4-7(2)9-8(6)10(13)12-5-11-9/h3-5H,1-2H3,(H,11,12,13). The van der Waals surface area contributed by atoms with E-state index in [2.05, 4.69) is 9.97 Å². The van der Waals surface area contributed by atoms with Crippen LogP contribution in [-0.2, 0) is 0 Å². The van der Waals surface area contributed by atoms with Crippen molar-refractivity contribution < 1.29 is 0 Å². The van der Waals surface area contributed by atoms with Crippen molar-refractivity contribution in [1.82, 2.24) is 9.97 Å². The zero-order chi connectivity index (χ0) is 9.42. The first-order valence-electron chi connectivity index (χ1n) is 4.14. The van der Waals surface area contributed by atoms with E-state index < -0.39 is 0 Å². The average Bonchev–Trinajstić information content (AvgIpc) is 2.12. The molecule has 0 saturated carbocycles. The summed E-state index contributed by atoms with van der Waals surface area (Å²) in [4.78, 5) is 18.2. The SMILES string of the molecule is Cc1ccc(C)c2c(=O)[nH]cnc12. The number of hydrogen-bond donors (Lipinski definition) is 1. The first kappa shape index (κ1) is 7.98. The molecule has 2 rings (SSSR count). The normalized spacial score (nSPS) is 10.6. The van der Waals surface area contributed by atoms with Crippen molar-refractivity contribution in [3.63, 3.8) is 0 Å². The molecule has 1 N–H and O–H groups in total. The molecule has 0 fully saturated rings. The number of H-pyrrole nitrogens is 1. The smallest absolute Gasteiger partial charge is 0.258 e. The Bertz CT molecular complexity index is 514. The van der Waals surface area contributed by atoms with Crippen molar-refractivity contribution in [3.05, 3.63) is 39.9 Å². The second-order valence-corrected chi connectivity index (χ2v) is 3.15. The number of aromatic amines is 1. The Labute approximate surface area is 75.4 Å². The molecule has 1 aromatic carbocycles. The van der Waals surface area contributed by atoms with Gasteiger partial charge in [0.05, 0.1) is 17.2 Å². The Morgan fingerprint density at radius 3 is 2.62 bits per heavy atom. The van der Waals surface area contributed by atoms with Crippen LogP contribution in [-0.4, -0.2) is 9.97 Å². The van der Waals surface area contributed by atoms with Crippen LogP contribution >= 0.6 is 0 Å². The summed E-state index contributed by atoms with van der Waals surface area (Å²) in [7, 11) is 0. The lowest BCUT2D eigenvalue weighted by atomic mass is 10.1. The molecule has 0 aliphatic heterocycles. The Morgan fingerprint density at radius 1 is 1.23 bits per heavy atom. The largest absolute Gasteiger partial charge is 0.313 e. The van der Waals surface area contributed by atoms with Crippen LogP contribution in [0.1, 0.15) is 11.1 Å². The molecule has 0 saturated heterocycles. The molecular formula is C10H10N2O. The quantitative estimate of drug-likeness (QED) is 0.658. The van der Waals surface area contributed by atoms with E-state index in [9.17, 15) is 4.79 Å². The molecule has 3 nitrogen and oxygen atoms in total. The fourth-order valence-corrected chi connectivity index (χ4v) is 1.48. The van der Waals surface area contributed by atoms with Gasteiger partial charge in [0.1, 0.15) is 0 Å². The number of benzene rings is 1. The van der Waals surface area contributed by atoms with Crippen molar-refractivity contribution in [2.45, 2.75) is 13.8 Å². The predicted octanol–water partition coefficient (Wildman–Crippen LogP) is 1.54. The van der Waals surface area contributed by atoms with Crippen LogP contribution in [0.25, 0.3) is 10.9 Å². The molecular weight excluding hydrogens is 164 g/mol. The molecule has 3 heteroatoms. The molecule has 0 atom stereocenters. The number of nitrogens with one attached hydrogen (secondary N) is 1. The molecule has 13 heavy (non-hydrogen) atoms. The highest BCUT2D eigenvalue weighted by molar-refractivity contribution is 5.83. The molecule has 0 radical (unpaired) electrons. The van der Waals surface area contributed by atoms with Gasteiger partial charge in [-0.25, -0.2) is 4.98 Å². The molecule has 0 amide bonds. The van der Waals surface area contributed by atoms with Crippen molar-refractivity contribution in [3.8, 4) is 0 Å². The van der Waals surface area contributed by atoms with E-state index in [1.807, 2.05) is 26.0 Å². The number of rotatable bonds is 0. The highest BCUT2D eigenvalue weighted by Crippen LogP contribution is 2.15. The van der Waals surface area contributed by atoms with Gasteiger partial charge in [-0.2, -0.15) is 0 Å². The maximum absolute atomic E-state index is 11.5. The molecule has 0 aliphatic rings. The second-order valence-electron chi connectivity index (χ2n) is 3.15. The molecule has 0 bridgehead atoms. The van der Waals surface area contributed by atoms with Gasteiger partial charge in [0.25, 0.3) is 5.56 Å². The summed E-state index contributed by atoms with van der Waals surface area (Å²) in [6.45, 7) is 3.87. The number of aromatic nitrogens is 2. The van der Waals surface area contributed by atoms with E-state index in [0.717, 1.165) is 16.6 Å². The van der Waals surface area contributed by atoms with Crippen LogP contribution in [0.5, 0.6) is 0 Å². The lowest BCUT2D eigenvalue weighted by Gasteiger charge is -2.01. The van der Waals surface area contributed by atoms with E-state index in [4.69, 9.17) is 0 Å². The summed E-state index contributed by atoms with van der Waals surface area (Å²) in [5.74, 6) is 0. The fourth-order valence-electron chi connectivity index (χ4n) is 1.48. The van der Waals surface area contributed by atoms with Crippen LogP contribution in [0.2, 0.25) is 0 Å². The fraction of sp³-hybridized carbons (Fsp3) is 0.200. The summed E-state index contributed by atoms with van der Waals surface area (Å²) < 4.78 is 0. The van der Waals surface area contributed by atoms with Crippen molar-refractivity contribution in [2.75, 3.05) is 0 Å². The minimum Gasteiger partial charge on any atom is -0.313 e. The number of hydrogen-bond acceptors (Lipinski definition) is 2. The topological polar surface area (TPSA) is 45.8 Å². The summed E-state index contributed by atoms with van der Waals surface area (Å²) in [5, 5.41) is 0.697. The van der Waals surface area contributed by atoms with Crippen molar-refractivity contribution >= 4 is 10.9 Å². The molecule has 66 valence electrons.